The van der Waals surface area contributed by atoms with Gasteiger partial charge in [0.25, 0.3) is 5.91 Å². The van der Waals surface area contributed by atoms with Gasteiger partial charge in [-0.05, 0) is 24.2 Å². The number of amides is 1. The number of aliphatic hydroxyl groups is 1. The van der Waals surface area contributed by atoms with Crippen LogP contribution in [0.2, 0.25) is 0 Å². The van der Waals surface area contributed by atoms with E-state index in [1.165, 1.54) is 17.2 Å². The summed E-state index contributed by atoms with van der Waals surface area (Å²) in [6.07, 6.45) is 0. The Kier molecular flexibility index (Phi) is 6.64. The van der Waals surface area contributed by atoms with Gasteiger partial charge in [0, 0.05) is 45.0 Å². The first-order valence-electron chi connectivity index (χ1n) is 10.8. The summed E-state index contributed by atoms with van der Waals surface area (Å²) in [5, 5.41) is 17.4. The predicted molar refractivity (Wildman–Crippen MR) is 122 cm³/mol. The van der Waals surface area contributed by atoms with Crippen molar-refractivity contribution in [3.8, 4) is 0 Å². The molecule has 0 aliphatic carbocycles. The molecule has 1 unspecified atom stereocenters. The summed E-state index contributed by atoms with van der Waals surface area (Å²) in [5.74, 6) is -0.499. The molecule has 8 nitrogen and oxygen atoms in total. The highest BCUT2D eigenvalue weighted by Gasteiger charge is 2.25. The Morgan fingerprint density at radius 2 is 1.78 bits per heavy atom. The number of nitrogens with one attached hydrogen (secondary N) is 1. The first kappa shape index (κ1) is 22.1. The van der Waals surface area contributed by atoms with Crippen LogP contribution in [0.1, 0.15) is 33.3 Å². The zero-order chi connectivity index (χ0) is 22.7. The second-order valence-corrected chi connectivity index (χ2v) is 8.44. The molecule has 168 valence electrons. The molecule has 1 fully saturated rings. The third kappa shape index (κ3) is 4.88. The number of aliphatic hydroxyl groups excluding tert-OH is 1. The zero-order valence-electron chi connectivity index (χ0n) is 18.5. The van der Waals surface area contributed by atoms with Crippen molar-refractivity contribution >= 4 is 22.7 Å². The minimum absolute atomic E-state index is 0.0387. The summed E-state index contributed by atoms with van der Waals surface area (Å²) >= 11 is 0. The van der Waals surface area contributed by atoms with E-state index in [9.17, 15) is 14.7 Å². The van der Waals surface area contributed by atoms with Gasteiger partial charge in [0.2, 0.25) is 5.91 Å². The molecule has 1 saturated heterocycles. The van der Waals surface area contributed by atoms with Crippen molar-refractivity contribution in [3.05, 3.63) is 65.4 Å². The number of para-hydroxylation sites is 1. The van der Waals surface area contributed by atoms with Gasteiger partial charge in [-0.2, -0.15) is 9.78 Å². The van der Waals surface area contributed by atoms with Gasteiger partial charge in [-0.15, -0.1) is 0 Å². The second kappa shape index (κ2) is 9.60. The molecule has 0 spiro atoms. The Morgan fingerprint density at radius 1 is 1.06 bits per heavy atom. The van der Waals surface area contributed by atoms with Gasteiger partial charge >= 0.3 is 0 Å². The fourth-order valence-corrected chi connectivity index (χ4v) is 4.21. The number of carbonyl (C=O) groups excluding carboxylic acids is 2. The van der Waals surface area contributed by atoms with Gasteiger partial charge in [-0.25, -0.2) is 0 Å². The SMILES string of the molecule is CC(=O)n1nc(C(=O)NC2CN(C)CCN(Cc3ccc(CO)cc3)C2)c2ccccc21. The number of rotatable bonds is 5. The van der Waals surface area contributed by atoms with Gasteiger partial charge in [-0.1, -0.05) is 42.5 Å². The molecule has 0 bridgehead atoms. The van der Waals surface area contributed by atoms with Crippen molar-refractivity contribution in [2.24, 2.45) is 0 Å². The Bertz CT molecular complexity index is 1110. The van der Waals surface area contributed by atoms with Gasteiger partial charge in [0.1, 0.15) is 0 Å². The van der Waals surface area contributed by atoms with E-state index in [2.05, 4.69) is 27.3 Å². The summed E-state index contributed by atoms with van der Waals surface area (Å²) in [6, 6.07) is 15.2. The van der Waals surface area contributed by atoms with E-state index in [0.717, 1.165) is 31.7 Å². The van der Waals surface area contributed by atoms with E-state index in [0.29, 0.717) is 17.4 Å². The molecule has 2 heterocycles. The van der Waals surface area contributed by atoms with Crippen molar-refractivity contribution in [2.75, 3.05) is 33.2 Å². The number of hydrogen-bond acceptors (Lipinski definition) is 6. The molecule has 32 heavy (non-hydrogen) atoms. The number of carbonyl (C=O) groups is 2. The number of aromatic nitrogens is 2. The van der Waals surface area contributed by atoms with Gasteiger partial charge in [-0.3, -0.25) is 14.5 Å². The topological polar surface area (TPSA) is 90.7 Å². The van der Waals surface area contributed by atoms with Crippen molar-refractivity contribution in [3.63, 3.8) is 0 Å². The first-order chi connectivity index (χ1) is 15.4. The predicted octanol–water partition coefficient (Wildman–Crippen LogP) is 1.73. The van der Waals surface area contributed by atoms with E-state index >= 15 is 0 Å². The van der Waals surface area contributed by atoms with E-state index in [1.54, 1.807) is 6.07 Å². The lowest BCUT2D eigenvalue weighted by Gasteiger charge is -2.24. The Hall–Kier alpha value is -3.07. The van der Waals surface area contributed by atoms with Crippen LogP contribution in [0.15, 0.2) is 48.5 Å². The van der Waals surface area contributed by atoms with Crippen molar-refractivity contribution in [2.45, 2.75) is 26.1 Å². The molecule has 8 heteroatoms. The van der Waals surface area contributed by atoms with Crippen LogP contribution >= 0.6 is 0 Å². The third-order valence-electron chi connectivity index (χ3n) is 5.86. The van der Waals surface area contributed by atoms with Crippen LogP contribution in [0.4, 0.5) is 0 Å². The van der Waals surface area contributed by atoms with Crippen LogP contribution in [-0.4, -0.2) is 75.8 Å². The highest BCUT2D eigenvalue weighted by Crippen LogP contribution is 2.19. The van der Waals surface area contributed by atoms with Crippen LogP contribution in [0.3, 0.4) is 0 Å². The van der Waals surface area contributed by atoms with Crippen LogP contribution in [-0.2, 0) is 13.2 Å². The second-order valence-electron chi connectivity index (χ2n) is 8.44. The lowest BCUT2D eigenvalue weighted by Crippen LogP contribution is -2.46. The molecule has 2 N–H and O–H groups in total. The molecular weight excluding hydrogens is 406 g/mol. The average Bonchev–Trinajstić information content (AvgIpc) is 3.09. The lowest BCUT2D eigenvalue weighted by molar-refractivity contribution is 0.0912. The Labute approximate surface area is 187 Å². The summed E-state index contributed by atoms with van der Waals surface area (Å²) in [4.78, 5) is 29.7. The highest BCUT2D eigenvalue weighted by atomic mass is 16.3. The van der Waals surface area contributed by atoms with E-state index < -0.39 is 0 Å². The summed E-state index contributed by atoms with van der Waals surface area (Å²) in [5.41, 5.74) is 2.97. The average molecular weight is 436 g/mol. The molecule has 1 aliphatic rings. The van der Waals surface area contributed by atoms with Gasteiger partial charge in [0.05, 0.1) is 18.2 Å². The molecule has 2 aromatic carbocycles. The molecular formula is C24H29N5O3. The summed E-state index contributed by atoms with van der Waals surface area (Å²) < 4.78 is 1.28. The molecule has 1 aromatic heterocycles. The van der Waals surface area contributed by atoms with E-state index in [4.69, 9.17) is 0 Å². The number of likely N-dealkylation sites (N-methyl/N-ethyl adjacent to an activating group) is 1. The molecule has 1 aliphatic heterocycles. The standard InChI is InChI=1S/C24H29N5O3/c1-17(31)29-22-6-4-3-5-21(22)23(26-29)24(32)25-20-14-27(2)11-12-28(15-20)13-18-7-9-19(16-30)10-8-18/h3-10,20,30H,11-16H2,1-2H3,(H,25,32). The number of nitrogens with zero attached hydrogens (tertiary/aromatic N) is 4. The number of fused-ring (bicyclic) bond motifs is 1. The Balaban J connectivity index is 1.50. The number of hydrogen-bond donors (Lipinski definition) is 2. The Morgan fingerprint density at radius 3 is 2.50 bits per heavy atom. The van der Waals surface area contributed by atoms with Crippen LogP contribution in [0, 0.1) is 0 Å². The number of benzene rings is 2. The zero-order valence-corrected chi connectivity index (χ0v) is 18.5. The minimum atomic E-state index is -0.270. The van der Waals surface area contributed by atoms with Gasteiger partial charge < -0.3 is 15.3 Å². The molecule has 1 amide bonds. The van der Waals surface area contributed by atoms with Crippen LogP contribution < -0.4 is 5.32 Å². The summed E-state index contributed by atoms with van der Waals surface area (Å²) in [7, 11) is 2.05. The molecule has 0 radical (unpaired) electrons. The highest BCUT2D eigenvalue weighted by molar-refractivity contribution is 6.06. The molecule has 4 rings (SSSR count). The fourth-order valence-electron chi connectivity index (χ4n) is 4.21. The maximum Gasteiger partial charge on any atom is 0.272 e. The largest absolute Gasteiger partial charge is 0.392 e. The maximum absolute atomic E-state index is 13.2. The minimum Gasteiger partial charge on any atom is -0.392 e. The third-order valence-corrected chi connectivity index (χ3v) is 5.86. The van der Waals surface area contributed by atoms with Gasteiger partial charge in [0.15, 0.2) is 5.69 Å². The fraction of sp³-hybridized carbons (Fsp3) is 0.375. The van der Waals surface area contributed by atoms with Crippen LogP contribution in [0.25, 0.3) is 10.9 Å². The monoisotopic (exact) mass is 435 g/mol. The van der Waals surface area contributed by atoms with Crippen molar-refractivity contribution in [1.29, 1.82) is 0 Å². The molecule has 0 saturated carbocycles. The maximum atomic E-state index is 13.2. The molecule has 1 atom stereocenters. The summed E-state index contributed by atoms with van der Waals surface area (Å²) in [6.45, 7) is 5.49. The lowest BCUT2D eigenvalue weighted by atomic mass is 10.1. The molecule has 3 aromatic rings. The van der Waals surface area contributed by atoms with Crippen molar-refractivity contribution < 1.29 is 14.7 Å². The smallest absolute Gasteiger partial charge is 0.272 e. The van der Waals surface area contributed by atoms with E-state index in [-0.39, 0.29) is 30.2 Å². The quantitative estimate of drug-likeness (QED) is 0.635. The van der Waals surface area contributed by atoms with Crippen LogP contribution in [0.5, 0.6) is 0 Å². The normalized spacial score (nSPS) is 17.9. The van der Waals surface area contributed by atoms with E-state index in [1.807, 2.05) is 42.5 Å². The van der Waals surface area contributed by atoms with Crippen molar-refractivity contribution in [1.82, 2.24) is 24.9 Å². The first-order valence-corrected chi connectivity index (χ1v) is 10.8.